The van der Waals surface area contributed by atoms with Crippen LogP contribution in [0, 0.1) is 22.0 Å². The van der Waals surface area contributed by atoms with Crippen molar-refractivity contribution in [1.82, 2.24) is 0 Å². The topological polar surface area (TPSA) is 89.5 Å². The Morgan fingerprint density at radius 1 is 1.35 bits per heavy atom. The van der Waals surface area contributed by atoms with Gasteiger partial charge in [-0.1, -0.05) is 13.8 Å². The van der Waals surface area contributed by atoms with E-state index in [9.17, 15) is 14.9 Å². The van der Waals surface area contributed by atoms with E-state index >= 15 is 0 Å². The summed E-state index contributed by atoms with van der Waals surface area (Å²) in [5, 5.41) is 11.2. The van der Waals surface area contributed by atoms with Gasteiger partial charge in [-0.3, -0.25) is 14.9 Å². The van der Waals surface area contributed by atoms with Crippen molar-refractivity contribution in [3.05, 3.63) is 33.9 Å². The molecule has 108 valence electrons. The maximum Gasteiger partial charge on any atom is 0.293 e. The minimum Gasteiger partial charge on any atom is -0.366 e. The second kappa shape index (κ2) is 5.48. The number of nitro benzene ring substituents is 1. The third kappa shape index (κ3) is 2.89. The van der Waals surface area contributed by atoms with Gasteiger partial charge in [0.1, 0.15) is 5.69 Å². The van der Waals surface area contributed by atoms with Gasteiger partial charge in [0.15, 0.2) is 0 Å². The average molecular weight is 277 g/mol. The molecule has 1 aromatic carbocycles. The zero-order valence-corrected chi connectivity index (χ0v) is 11.7. The highest BCUT2D eigenvalue weighted by atomic mass is 16.6. The summed E-state index contributed by atoms with van der Waals surface area (Å²) in [6.07, 6.45) is 1.13. The van der Waals surface area contributed by atoms with E-state index in [4.69, 9.17) is 5.73 Å². The standard InChI is InChI=1S/C14H19N3O3/c1-9-5-10(2)8-16(7-9)12-4-3-11(14(15)18)6-13(12)17(19)20/h3-4,6,9-10H,5,7-8H2,1-2H3,(H2,15,18)/t9-,10-/m0/s1. The molecule has 2 atom stereocenters. The third-order valence-corrected chi connectivity index (χ3v) is 3.67. The van der Waals surface area contributed by atoms with E-state index in [0.717, 1.165) is 19.5 Å². The number of benzene rings is 1. The number of anilines is 1. The molecule has 6 nitrogen and oxygen atoms in total. The molecule has 1 aromatic rings. The Balaban J connectivity index is 2.40. The van der Waals surface area contributed by atoms with E-state index in [1.54, 1.807) is 12.1 Å². The van der Waals surface area contributed by atoms with Gasteiger partial charge in [-0.2, -0.15) is 0 Å². The molecule has 0 radical (unpaired) electrons. The molecular weight excluding hydrogens is 258 g/mol. The Bertz CT molecular complexity index is 534. The minimum absolute atomic E-state index is 0.0531. The molecule has 1 amide bonds. The van der Waals surface area contributed by atoms with Crippen LogP contribution in [0.25, 0.3) is 0 Å². The van der Waals surface area contributed by atoms with Gasteiger partial charge in [0, 0.05) is 24.7 Å². The van der Waals surface area contributed by atoms with E-state index in [2.05, 4.69) is 13.8 Å². The SMILES string of the molecule is C[C@H]1C[C@H](C)CN(c2ccc(C(N)=O)cc2[N+](=O)[O-])C1. The number of primary amides is 1. The molecule has 20 heavy (non-hydrogen) atoms. The van der Waals surface area contributed by atoms with E-state index in [1.165, 1.54) is 6.07 Å². The molecule has 1 fully saturated rings. The van der Waals surface area contributed by atoms with Crippen LogP contribution in [0.5, 0.6) is 0 Å². The van der Waals surface area contributed by atoms with Crippen molar-refractivity contribution in [3.63, 3.8) is 0 Å². The fourth-order valence-corrected chi connectivity index (χ4v) is 2.95. The van der Waals surface area contributed by atoms with Crippen molar-refractivity contribution < 1.29 is 9.72 Å². The molecule has 0 aliphatic carbocycles. The second-order valence-corrected chi connectivity index (χ2v) is 5.68. The smallest absolute Gasteiger partial charge is 0.293 e. The predicted molar refractivity (Wildman–Crippen MR) is 76.8 cm³/mol. The van der Waals surface area contributed by atoms with E-state index < -0.39 is 10.8 Å². The number of nitrogens with zero attached hydrogens (tertiary/aromatic N) is 2. The lowest BCUT2D eigenvalue weighted by atomic mass is 9.91. The molecule has 1 saturated heterocycles. The van der Waals surface area contributed by atoms with Gasteiger partial charge in [-0.15, -0.1) is 0 Å². The molecule has 2 N–H and O–H groups in total. The first kappa shape index (κ1) is 14.3. The van der Waals surface area contributed by atoms with Gasteiger partial charge < -0.3 is 10.6 Å². The first-order valence-electron chi connectivity index (χ1n) is 6.71. The highest BCUT2D eigenvalue weighted by Gasteiger charge is 2.27. The highest BCUT2D eigenvalue weighted by molar-refractivity contribution is 5.94. The number of hydrogen-bond acceptors (Lipinski definition) is 4. The molecule has 1 heterocycles. The van der Waals surface area contributed by atoms with Crippen molar-refractivity contribution in [2.75, 3.05) is 18.0 Å². The van der Waals surface area contributed by atoms with Crippen molar-refractivity contribution >= 4 is 17.3 Å². The summed E-state index contributed by atoms with van der Waals surface area (Å²) in [5.74, 6) is 0.336. The van der Waals surface area contributed by atoms with Gasteiger partial charge in [0.25, 0.3) is 5.69 Å². The minimum atomic E-state index is -0.653. The largest absolute Gasteiger partial charge is 0.366 e. The van der Waals surface area contributed by atoms with E-state index in [-0.39, 0.29) is 11.3 Å². The zero-order valence-electron chi connectivity index (χ0n) is 11.7. The maximum atomic E-state index is 11.2. The quantitative estimate of drug-likeness (QED) is 0.677. The molecule has 2 rings (SSSR count). The van der Waals surface area contributed by atoms with Crippen LogP contribution in [0.2, 0.25) is 0 Å². The molecule has 0 aromatic heterocycles. The second-order valence-electron chi connectivity index (χ2n) is 5.68. The van der Waals surface area contributed by atoms with Crippen LogP contribution < -0.4 is 10.6 Å². The van der Waals surface area contributed by atoms with E-state index in [0.29, 0.717) is 17.5 Å². The van der Waals surface area contributed by atoms with Gasteiger partial charge in [-0.05, 0) is 30.4 Å². The van der Waals surface area contributed by atoms with Crippen molar-refractivity contribution in [2.45, 2.75) is 20.3 Å². The summed E-state index contributed by atoms with van der Waals surface area (Å²) in [6, 6.07) is 4.44. The van der Waals surface area contributed by atoms with Crippen LogP contribution in [-0.2, 0) is 0 Å². The van der Waals surface area contributed by atoms with Crippen LogP contribution in [0.15, 0.2) is 18.2 Å². The summed E-state index contributed by atoms with van der Waals surface area (Å²) in [5.41, 5.74) is 5.86. The molecule has 0 spiro atoms. The molecule has 0 unspecified atom stereocenters. The Morgan fingerprint density at radius 3 is 2.45 bits per heavy atom. The lowest BCUT2D eigenvalue weighted by Gasteiger charge is -2.36. The van der Waals surface area contributed by atoms with Crippen molar-refractivity contribution in [2.24, 2.45) is 17.6 Å². The molecular formula is C14H19N3O3. The number of hydrogen-bond donors (Lipinski definition) is 1. The first-order valence-corrected chi connectivity index (χ1v) is 6.71. The Kier molecular flexibility index (Phi) is 3.92. The Labute approximate surface area is 117 Å². The van der Waals surface area contributed by atoms with Crippen LogP contribution >= 0.6 is 0 Å². The summed E-state index contributed by atoms with van der Waals surface area (Å²) < 4.78 is 0. The van der Waals surface area contributed by atoms with Gasteiger partial charge in [0.05, 0.1) is 4.92 Å². The van der Waals surface area contributed by atoms with Gasteiger partial charge in [-0.25, -0.2) is 0 Å². The Morgan fingerprint density at radius 2 is 1.95 bits per heavy atom. The molecule has 0 saturated carbocycles. The average Bonchev–Trinajstić information content (AvgIpc) is 2.36. The van der Waals surface area contributed by atoms with Crippen LogP contribution in [0.1, 0.15) is 30.6 Å². The molecule has 1 aliphatic rings. The van der Waals surface area contributed by atoms with Gasteiger partial charge in [0.2, 0.25) is 5.91 Å². The van der Waals surface area contributed by atoms with Crippen LogP contribution in [-0.4, -0.2) is 23.9 Å². The van der Waals surface area contributed by atoms with E-state index in [1.807, 2.05) is 4.90 Å². The number of amides is 1. The number of nitro groups is 1. The molecule has 1 aliphatic heterocycles. The summed E-state index contributed by atoms with van der Waals surface area (Å²) in [4.78, 5) is 24.0. The van der Waals surface area contributed by atoms with Crippen LogP contribution in [0.4, 0.5) is 11.4 Å². The fraction of sp³-hybridized carbons (Fsp3) is 0.500. The number of rotatable bonds is 3. The van der Waals surface area contributed by atoms with Crippen LogP contribution in [0.3, 0.4) is 0 Å². The normalized spacial score (nSPS) is 22.6. The maximum absolute atomic E-state index is 11.2. The predicted octanol–water partition coefficient (Wildman–Crippen LogP) is 2.18. The third-order valence-electron chi connectivity index (χ3n) is 3.67. The Hall–Kier alpha value is -2.11. The van der Waals surface area contributed by atoms with Gasteiger partial charge >= 0.3 is 0 Å². The molecule has 0 bridgehead atoms. The number of carbonyl (C=O) groups is 1. The summed E-state index contributed by atoms with van der Waals surface area (Å²) in [6.45, 7) is 5.88. The zero-order chi connectivity index (χ0) is 14.9. The highest BCUT2D eigenvalue weighted by Crippen LogP contribution is 2.33. The molecule has 6 heteroatoms. The van der Waals surface area contributed by atoms with Crippen molar-refractivity contribution in [1.29, 1.82) is 0 Å². The number of piperidine rings is 1. The number of carbonyl (C=O) groups excluding carboxylic acids is 1. The number of nitrogens with two attached hydrogens (primary N) is 1. The first-order chi connectivity index (χ1) is 9.38. The summed E-state index contributed by atoms with van der Waals surface area (Å²) in [7, 11) is 0. The monoisotopic (exact) mass is 277 g/mol. The lowest BCUT2D eigenvalue weighted by molar-refractivity contribution is -0.384. The summed E-state index contributed by atoms with van der Waals surface area (Å²) >= 11 is 0. The van der Waals surface area contributed by atoms with Crippen molar-refractivity contribution in [3.8, 4) is 0 Å². The fourth-order valence-electron chi connectivity index (χ4n) is 2.95. The lowest BCUT2D eigenvalue weighted by Crippen LogP contribution is -2.39.